The van der Waals surface area contributed by atoms with E-state index < -0.39 is 0 Å². The van der Waals surface area contributed by atoms with E-state index >= 15 is 0 Å². The normalized spacial score (nSPS) is 21.8. The summed E-state index contributed by atoms with van der Waals surface area (Å²) in [7, 11) is 1.67. The molecule has 19 heavy (non-hydrogen) atoms. The van der Waals surface area contributed by atoms with Crippen molar-refractivity contribution in [2.75, 3.05) is 25.1 Å². The summed E-state index contributed by atoms with van der Waals surface area (Å²) in [5, 5.41) is 12.3. The lowest BCUT2D eigenvalue weighted by molar-refractivity contribution is 0.325. The Balaban J connectivity index is 2.20. The summed E-state index contributed by atoms with van der Waals surface area (Å²) in [5.41, 5.74) is 1.22. The summed E-state index contributed by atoms with van der Waals surface area (Å²) in [6, 6.07) is 10.6. The van der Waals surface area contributed by atoms with Gasteiger partial charge in [0.2, 0.25) is 0 Å². The Labute approximate surface area is 115 Å². The SMILES string of the molecule is COc1ccc(N2CC(CC#N)NCC2(C)C)cc1. The number of rotatable bonds is 3. The lowest BCUT2D eigenvalue weighted by Gasteiger charge is -2.47. The van der Waals surface area contributed by atoms with Gasteiger partial charge in [-0.15, -0.1) is 0 Å². The van der Waals surface area contributed by atoms with E-state index in [0.717, 1.165) is 18.8 Å². The van der Waals surface area contributed by atoms with E-state index in [9.17, 15) is 0 Å². The second-order valence-corrected chi connectivity index (χ2v) is 5.56. The van der Waals surface area contributed by atoms with Gasteiger partial charge in [0.1, 0.15) is 5.75 Å². The second-order valence-electron chi connectivity index (χ2n) is 5.56. The molecule has 0 bridgehead atoms. The highest BCUT2D eigenvalue weighted by atomic mass is 16.5. The van der Waals surface area contributed by atoms with E-state index in [-0.39, 0.29) is 11.6 Å². The molecule has 0 aliphatic carbocycles. The van der Waals surface area contributed by atoms with Crippen molar-refractivity contribution in [1.82, 2.24) is 5.32 Å². The molecule has 1 unspecified atom stereocenters. The smallest absolute Gasteiger partial charge is 0.119 e. The third-order valence-corrected chi connectivity index (χ3v) is 3.68. The molecular formula is C15H21N3O. The summed E-state index contributed by atoms with van der Waals surface area (Å²) >= 11 is 0. The number of hydrogen-bond donors (Lipinski definition) is 1. The van der Waals surface area contributed by atoms with Crippen LogP contribution in [0.3, 0.4) is 0 Å². The maximum Gasteiger partial charge on any atom is 0.119 e. The molecule has 1 aromatic rings. The maximum absolute atomic E-state index is 8.85. The number of methoxy groups -OCH3 is 1. The summed E-state index contributed by atoms with van der Waals surface area (Å²) in [5.74, 6) is 0.866. The number of piperazine rings is 1. The Kier molecular flexibility index (Phi) is 3.96. The van der Waals surface area contributed by atoms with Crippen LogP contribution in [0.2, 0.25) is 0 Å². The van der Waals surface area contributed by atoms with Gasteiger partial charge in [-0.2, -0.15) is 5.26 Å². The van der Waals surface area contributed by atoms with Crippen LogP contribution < -0.4 is 15.0 Å². The van der Waals surface area contributed by atoms with Crippen molar-refractivity contribution in [2.24, 2.45) is 0 Å². The predicted octanol–water partition coefficient (Wildman–Crippen LogP) is 2.17. The largest absolute Gasteiger partial charge is 0.497 e. The summed E-state index contributed by atoms with van der Waals surface area (Å²) in [6.45, 7) is 6.16. The van der Waals surface area contributed by atoms with Crippen LogP contribution in [0.25, 0.3) is 0 Å². The van der Waals surface area contributed by atoms with Crippen LogP contribution in [0.5, 0.6) is 5.75 Å². The Morgan fingerprint density at radius 3 is 2.68 bits per heavy atom. The lowest BCUT2D eigenvalue weighted by Crippen LogP contribution is -2.62. The minimum atomic E-state index is 0.0422. The van der Waals surface area contributed by atoms with Crippen molar-refractivity contribution >= 4 is 5.69 Å². The molecule has 1 N–H and O–H groups in total. The minimum absolute atomic E-state index is 0.0422. The van der Waals surface area contributed by atoms with Gasteiger partial charge in [-0.3, -0.25) is 0 Å². The van der Waals surface area contributed by atoms with E-state index in [0.29, 0.717) is 6.42 Å². The highest BCUT2D eigenvalue weighted by Gasteiger charge is 2.33. The lowest BCUT2D eigenvalue weighted by atomic mass is 9.95. The van der Waals surface area contributed by atoms with E-state index in [1.54, 1.807) is 7.11 Å². The molecule has 0 amide bonds. The highest BCUT2D eigenvalue weighted by molar-refractivity contribution is 5.52. The first kappa shape index (κ1) is 13.7. The molecule has 2 rings (SSSR count). The molecule has 1 aliphatic rings. The first-order valence-electron chi connectivity index (χ1n) is 6.59. The predicted molar refractivity (Wildman–Crippen MR) is 76.4 cm³/mol. The van der Waals surface area contributed by atoms with Gasteiger partial charge >= 0.3 is 0 Å². The quantitative estimate of drug-likeness (QED) is 0.903. The fourth-order valence-corrected chi connectivity index (χ4v) is 2.49. The van der Waals surface area contributed by atoms with E-state index in [1.165, 1.54) is 5.69 Å². The zero-order valence-electron chi connectivity index (χ0n) is 11.8. The van der Waals surface area contributed by atoms with Crippen LogP contribution in [0, 0.1) is 11.3 Å². The Hall–Kier alpha value is -1.73. The number of nitrogens with one attached hydrogen (secondary N) is 1. The highest BCUT2D eigenvalue weighted by Crippen LogP contribution is 2.28. The van der Waals surface area contributed by atoms with Crippen molar-refractivity contribution in [3.05, 3.63) is 24.3 Å². The fourth-order valence-electron chi connectivity index (χ4n) is 2.49. The van der Waals surface area contributed by atoms with Gasteiger partial charge in [0.15, 0.2) is 0 Å². The first-order chi connectivity index (χ1) is 9.06. The van der Waals surface area contributed by atoms with E-state index in [2.05, 4.69) is 42.3 Å². The zero-order valence-corrected chi connectivity index (χ0v) is 11.8. The zero-order chi connectivity index (χ0) is 13.9. The van der Waals surface area contributed by atoms with Gasteiger partial charge < -0.3 is 15.0 Å². The maximum atomic E-state index is 8.85. The number of nitriles is 1. The van der Waals surface area contributed by atoms with Crippen molar-refractivity contribution < 1.29 is 4.74 Å². The molecule has 0 aromatic heterocycles. The van der Waals surface area contributed by atoms with Gasteiger partial charge in [-0.05, 0) is 38.1 Å². The number of ether oxygens (including phenoxy) is 1. The number of benzene rings is 1. The molecular weight excluding hydrogens is 238 g/mol. The Morgan fingerprint density at radius 1 is 1.42 bits per heavy atom. The van der Waals surface area contributed by atoms with E-state index in [1.807, 2.05) is 12.1 Å². The molecule has 1 atom stereocenters. The van der Waals surface area contributed by atoms with Crippen molar-refractivity contribution in [3.8, 4) is 11.8 Å². The van der Waals surface area contributed by atoms with Crippen LogP contribution in [0.15, 0.2) is 24.3 Å². The third-order valence-electron chi connectivity index (χ3n) is 3.68. The van der Waals surface area contributed by atoms with Gasteiger partial charge in [0.05, 0.1) is 19.6 Å². The monoisotopic (exact) mass is 259 g/mol. The second kappa shape index (κ2) is 5.50. The van der Waals surface area contributed by atoms with Crippen molar-refractivity contribution in [3.63, 3.8) is 0 Å². The van der Waals surface area contributed by atoms with Crippen LogP contribution in [0.1, 0.15) is 20.3 Å². The number of nitrogens with zero attached hydrogens (tertiary/aromatic N) is 2. The first-order valence-corrected chi connectivity index (χ1v) is 6.59. The third kappa shape index (κ3) is 2.99. The molecule has 4 nitrogen and oxygen atoms in total. The number of hydrogen-bond acceptors (Lipinski definition) is 4. The average Bonchev–Trinajstić information content (AvgIpc) is 2.41. The Morgan fingerprint density at radius 2 is 2.11 bits per heavy atom. The van der Waals surface area contributed by atoms with Gasteiger partial charge in [0.25, 0.3) is 0 Å². The molecule has 1 aromatic carbocycles. The summed E-state index contributed by atoms with van der Waals surface area (Å²) in [6.07, 6.45) is 0.544. The van der Waals surface area contributed by atoms with Gasteiger partial charge in [0, 0.05) is 30.4 Å². The summed E-state index contributed by atoms with van der Waals surface area (Å²) < 4.78 is 5.19. The molecule has 102 valence electrons. The van der Waals surface area contributed by atoms with Gasteiger partial charge in [-0.1, -0.05) is 0 Å². The Bertz CT molecular complexity index is 461. The molecule has 0 spiro atoms. The molecule has 1 heterocycles. The molecule has 0 radical (unpaired) electrons. The van der Waals surface area contributed by atoms with Crippen LogP contribution in [0.4, 0.5) is 5.69 Å². The molecule has 0 saturated carbocycles. The van der Waals surface area contributed by atoms with Crippen LogP contribution >= 0.6 is 0 Å². The number of anilines is 1. The minimum Gasteiger partial charge on any atom is -0.497 e. The van der Waals surface area contributed by atoms with Crippen molar-refractivity contribution in [1.29, 1.82) is 5.26 Å². The molecule has 4 heteroatoms. The summed E-state index contributed by atoms with van der Waals surface area (Å²) in [4.78, 5) is 2.37. The topological polar surface area (TPSA) is 48.3 Å². The molecule has 1 saturated heterocycles. The standard InChI is InChI=1S/C15H21N3O/c1-15(2)11-17-12(8-9-16)10-18(15)13-4-6-14(19-3)7-5-13/h4-7,12,17H,8,10-11H2,1-3H3. The molecule has 1 aliphatic heterocycles. The fraction of sp³-hybridized carbons (Fsp3) is 0.533. The van der Waals surface area contributed by atoms with E-state index in [4.69, 9.17) is 10.00 Å². The van der Waals surface area contributed by atoms with Crippen LogP contribution in [-0.2, 0) is 0 Å². The van der Waals surface area contributed by atoms with Gasteiger partial charge in [-0.25, -0.2) is 0 Å². The molecule has 1 fully saturated rings. The average molecular weight is 259 g/mol. The van der Waals surface area contributed by atoms with Crippen molar-refractivity contribution in [2.45, 2.75) is 31.8 Å². The van der Waals surface area contributed by atoms with Crippen LogP contribution in [-0.4, -0.2) is 31.8 Å².